The van der Waals surface area contributed by atoms with Gasteiger partial charge in [0.25, 0.3) is 5.56 Å². The van der Waals surface area contributed by atoms with E-state index in [9.17, 15) is 9.59 Å². The Kier molecular flexibility index (Phi) is 5.55. The molecule has 0 spiro atoms. The minimum atomic E-state index is -0.745. The number of aromatic nitrogens is 3. The summed E-state index contributed by atoms with van der Waals surface area (Å²) in [5.74, 6) is 2.56. The first-order valence-electron chi connectivity index (χ1n) is 11.6. The Hall–Kier alpha value is -3.75. The van der Waals surface area contributed by atoms with Crippen molar-refractivity contribution in [1.29, 1.82) is 0 Å². The summed E-state index contributed by atoms with van der Waals surface area (Å²) in [6.45, 7) is 8.63. The van der Waals surface area contributed by atoms with Crippen molar-refractivity contribution in [2.24, 2.45) is 0 Å². The third-order valence-electron chi connectivity index (χ3n) is 6.25. The molecule has 4 aromatic rings. The third kappa shape index (κ3) is 3.61. The van der Waals surface area contributed by atoms with Gasteiger partial charge in [0.15, 0.2) is 17.1 Å². The zero-order chi connectivity index (χ0) is 24.0. The number of aryl methyl sites for hydroxylation is 2. The second kappa shape index (κ2) is 8.55. The number of nitrogens with zero attached hydrogens (tertiary/aromatic N) is 3. The zero-order valence-corrected chi connectivity index (χ0v) is 19.8. The number of nitrogens with one attached hydrogen (secondary N) is 1. The van der Waals surface area contributed by atoms with E-state index in [2.05, 4.69) is 10.4 Å². The molecule has 3 aromatic heterocycles. The molecular weight excluding hydrogens is 436 g/mol. The van der Waals surface area contributed by atoms with Gasteiger partial charge in [0.1, 0.15) is 36.4 Å². The van der Waals surface area contributed by atoms with E-state index in [0.29, 0.717) is 54.5 Å². The number of hydrogen-bond acceptors (Lipinski definition) is 6. The lowest BCUT2D eigenvalue weighted by atomic mass is 10.1. The molecule has 0 radical (unpaired) electrons. The van der Waals surface area contributed by atoms with Crippen LogP contribution in [0.25, 0.3) is 16.6 Å². The van der Waals surface area contributed by atoms with Crippen LogP contribution in [0.15, 0.2) is 39.5 Å². The molecule has 4 heterocycles. The van der Waals surface area contributed by atoms with Crippen molar-refractivity contribution in [3.05, 3.63) is 57.8 Å². The molecule has 0 aliphatic carbocycles. The quantitative estimate of drug-likeness (QED) is 0.467. The van der Waals surface area contributed by atoms with Gasteiger partial charge in [-0.3, -0.25) is 14.0 Å². The Bertz CT molecular complexity index is 1450. The number of hydrogen-bond donors (Lipinski definition) is 1. The van der Waals surface area contributed by atoms with Crippen molar-refractivity contribution in [1.82, 2.24) is 19.5 Å². The van der Waals surface area contributed by atoms with E-state index < -0.39 is 6.04 Å². The van der Waals surface area contributed by atoms with Crippen LogP contribution in [0, 0.1) is 6.92 Å². The normalized spacial score (nSPS) is 14.9. The van der Waals surface area contributed by atoms with Crippen molar-refractivity contribution in [2.75, 3.05) is 13.2 Å². The first-order chi connectivity index (χ1) is 16.4. The molecule has 0 bridgehead atoms. The van der Waals surface area contributed by atoms with Crippen LogP contribution in [0.3, 0.4) is 0 Å². The van der Waals surface area contributed by atoms with E-state index in [1.165, 1.54) is 4.68 Å². The molecule has 1 N–H and O–H groups in total. The fraction of sp³-hybridized carbons (Fsp3) is 0.400. The highest BCUT2D eigenvalue weighted by Crippen LogP contribution is 2.32. The fourth-order valence-corrected chi connectivity index (χ4v) is 4.51. The number of rotatable bonds is 6. The van der Waals surface area contributed by atoms with Gasteiger partial charge >= 0.3 is 0 Å². The van der Waals surface area contributed by atoms with Crippen molar-refractivity contribution in [3.8, 4) is 11.5 Å². The highest BCUT2D eigenvalue weighted by molar-refractivity contribution is 5.84. The number of furan rings is 1. The van der Waals surface area contributed by atoms with Crippen LogP contribution in [0.1, 0.15) is 56.4 Å². The Morgan fingerprint density at radius 1 is 1.12 bits per heavy atom. The van der Waals surface area contributed by atoms with Crippen molar-refractivity contribution in [3.63, 3.8) is 0 Å². The van der Waals surface area contributed by atoms with Crippen LogP contribution in [-0.2, 0) is 11.2 Å². The van der Waals surface area contributed by atoms with Crippen LogP contribution in [0.2, 0.25) is 0 Å². The predicted molar refractivity (Wildman–Crippen MR) is 127 cm³/mol. The van der Waals surface area contributed by atoms with E-state index in [1.54, 1.807) is 6.07 Å². The maximum atomic E-state index is 13.4. The molecule has 1 aliphatic heterocycles. The number of fused-ring (bicyclic) bond motifs is 4. The van der Waals surface area contributed by atoms with Gasteiger partial charge in [-0.1, -0.05) is 19.9 Å². The summed E-state index contributed by atoms with van der Waals surface area (Å²) in [5.41, 5.74) is 2.46. The van der Waals surface area contributed by atoms with Gasteiger partial charge in [-0.25, -0.2) is 4.68 Å². The van der Waals surface area contributed by atoms with E-state index in [-0.39, 0.29) is 17.5 Å². The smallest absolute Gasteiger partial charge is 0.291 e. The van der Waals surface area contributed by atoms with Gasteiger partial charge in [-0.15, -0.1) is 0 Å². The van der Waals surface area contributed by atoms with E-state index in [1.807, 2.05) is 56.4 Å². The molecule has 34 heavy (non-hydrogen) atoms. The van der Waals surface area contributed by atoms with Gasteiger partial charge < -0.3 is 19.2 Å². The minimum absolute atomic E-state index is 0.267. The van der Waals surface area contributed by atoms with Crippen molar-refractivity contribution in [2.45, 2.75) is 52.6 Å². The lowest BCUT2D eigenvalue weighted by molar-refractivity contribution is -0.125. The maximum absolute atomic E-state index is 13.4. The summed E-state index contributed by atoms with van der Waals surface area (Å²) in [5, 5.41) is 7.64. The monoisotopic (exact) mass is 464 g/mol. The van der Waals surface area contributed by atoms with Crippen LogP contribution in [-0.4, -0.2) is 33.3 Å². The number of carbonyl (C=O) groups is 1. The summed E-state index contributed by atoms with van der Waals surface area (Å²) in [6, 6.07) is 8.22. The van der Waals surface area contributed by atoms with E-state index >= 15 is 0 Å². The molecule has 1 aliphatic rings. The number of carbonyl (C=O) groups excluding carboxylic acids is 1. The molecular formula is C25H28N4O5. The lowest BCUT2D eigenvalue weighted by Gasteiger charge is -2.23. The zero-order valence-electron chi connectivity index (χ0n) is 19.8. The molecule has 178 valence electrons. The second-order valence-electron chi connectivity index (χ2n) is 8.55. The minimum Gasteiger partial charge on any atom is -0.486 e. The molecule has 9 heteroatoms. The molecule has 0 saturated carbocycles. The number of ether oxygens (including phenoxy) is 2. The topological polar surface area (TPSA) is 100 Å². The van der Waals surface area contributed by atoms with Crippen LogP contribution < -0.4 is 20.3 Å². The molecule has 2 atom stereocenters. The average molecular weight is 465 g/mol. The van der Waals surface area contributed by atoms with Gasteiger partial charge in [0, 0.05) is 18.6 Å². The molecule has 1 aromatic carbocycles. The Morgan fingerprint density at radius 2 is 1.88 bits per heavy atom. The van der Waals surface area contributed by atoms with E-state index in [4.69, 9.17) is 13.9 Å². The van der Waals surface area contributed by atoms with E-state index in [0.717, 1.165) is 16.8 Å². The van der Waals surface area contributed by atoms with Crippen LogP contribution >= 0.6 is 0 Å². The first-order valence-corrected chi connectivity index (χ1v) is 11.6. The summed E-state index contributed by atoms with van der Waals surface area (Å²) in [7, 11) is 0. The maximum Gasteiger partial charge on any atom is 0.291 e. The largest absolute Gasteiger partial charge is 0.486 e. The Labute approximate surface area is 196 Å². The second-order valence-corrected chi connectivity index (χ2v) is 8.55. The Balaban J connectivity index is 1.47. The number of amides is 1. The fourth-order valence-electron chi connectivity index (χ4n) is 4.51. The summed E-state index contributed by atoms with van der Waals surface area (Å²) in [4.78, 5) is 26.7. The molecule has 5 rings (SSSR count). The third-order valence-corrected chi connectivity index (χ3v) is 6.25. The highest BCUT2D eigenvalue weighted by atomic mass is 16.6. The predicted octanol–water partition coefficient (Wildman–Crippen LogP) is 3.71. The standard InChI is InChI=1S/C25H28N4O5/c1-5-17(24(30)26-15(4)16-7-8-20-22(12-16)33-10-9-32-20)29-25(31)19-13-21-18(11-14(3)34-21)28(19)23(6-2)27-29/h7-8,11-13,15,17H,5-6,9-10H2,1-4H3,(H,26,30)/t15-,17-/m0/s1. The van der Waals surface area contributed by atoms with Gasteiger partial charge in [-0.05, 0) is 38.0 Å². The summed E-state index contributed by atoms with van der Waals surface area (Å²) < 4.78 is 20.1. The molecule has 0 unspecified atom stereocenters. The molecule has 1 amide bonds. The first kappa shape index (κ1) is 22.1. The SMILES string of the molecule is CCc1nn([C@@H](CC)C(=O)N[C@@H](C)c2ccc3c(c2)OCCO3)c(=O)c2cc3oc(C)cc3n12. The highest BCUT2D eigenvalue weighted by Gasteiger charge is 2.26. The van der Waals surface area contributed by atoms with Gasteiger partial charge in [0.05, 0.1) is 11.6 Å². The number of benzene rings is 1. The van der Waals surface area contributed by atoms with Gasteiger partial charge in [0.2, 0.25) is 5.91 Å². The lowest BCUT2D eigenvalue weighted by Crippen LogP contribution is -2.40. The van der Waals surface area contributed by atoms with Crippen LogP contribution in [0.4, 0.5) is 0 Å². The Morgan fingerprint density at radius 3 is 2.62 bits per heavy atom. The average Bonchev–Trinajstić information content (AvgIpc) is 3.37. The molecule has 0 fully saturated rings. The summed E-state index contributed by atoms with van der Waals surface area (Å²) in [6.07, 6.45) is 1.01. The van der Waals surface area contributed by atoms with Crippen molar-refractivity contribution >= 4 is 22.5 Å². The van der Waals surface area contributed by atoms with Crippen molar-refractivity contribution < 1.29 is 18.7 Å². The molecule has 9 nitrogen and oxygen atoms in total. The summed E-state index contributed by atoms with van der Waals surface area (Å²) >= 11 is 0. The van der Waals surface area contributed by atoms with Gasteiger partial charge in [-0.2, -0.15) is 5.10 Å². The van der Waals surface area contributed by atoms with Crippen LogP contribution in [0.5, 0.6) is 11.5 Å². The molecule has 0 saturated heterocycles.